The van der Waals surface area contributed by atoms with Gasteiger partial charge in [0.25, 0.3) is 0 Å². The van der Waals surface area contributed by atoms with E-state index in [2.05, 4.69) is 68.1 Å². The van der Waals surface area contributed by atoms with Crippen LogP contribution in [-0.2, 0) is 12.4 Å². The Morgan fingerprint density at radius 3 is 1.11 bits per heavy atom. The highest BCUT2D eigenvalue weighted by atomic mass is 28.3. The highest BCUT2D eigenvalue weighted by Crippen LogP contribution is 2.40. The van der Waals surface area contributed by atoms with Gasteiger partial charge in [-0.15, -0.1) is 0 Å². The van der Waals surface area contributed by atoms with E-state index in [0.29, 0.717) is 17.2 Å². The van der Waals surface area contributed by atoms with Gasteiger partial charge in [-0.25, -0.2) is 4.98 Å². The number of benzene rings is 7. The van der Waals surface area contributed by atoms with Gasteiger partial charge >= 0.3 is 12.4 Å². The molecule has 320 valence electrons. The van der Waals surface area contributed by atoms with Gasteiger partial charge in [0, 0.05) is 45.4 Å². The van der Waals surface area contributed by atoms with Crippen molar-refractivity contribution < 1.29 is 26.3 Å². The van der Waals surface area contributed by atoms with Crippen molar-refractivity contribution in [2.75, 3.05) is 9.80 Å². The summed E-state index contributed by atoms with van der Waals surface area (Å²) in [5.41, 5.74) is 6.17. The fraction of sp³-hybridized carbons (Fsp3) is 0.157. The van der Waals surface area contributed by atoms with E-state index in [1.165, 1.54) is 34.6 Å². The number of imidazole rings is 1. The van der Waals surface area contributed by atoms with Crippen molar-refractivity contribution in [3.05, 3.63) is 181 Å². The number of nitrogens with zero attached hydrogens (tertiary/aromatic N) is 4. The van der Waals surface area contributed by atoms with Crippen LogP contribution in [0.1, 0.15) is 11.1 Å². The van der Waals surface area contributed by atoms with E-state index in [1.54, 1.807) is 0 Å². The van der Waals surface area contributed by atoms with Crippen LogP contribution in [0.2, 0.25) is 39.3 Å². The molecule has 1 heterocycles. The summed E-state index contributed by atoms with van der Waals surface area (Å²) in [5, 5.41) is 2.54. The standard InChI is InChI=1S/C51H46F6N4Si2/c1-62(2,3)45-31-27-42(28-32-45)59(39-19-13-36(14-20-39)50(52,53)54)38-17-11-35(12-18-38)49-58-47-9-7-8-10-48(47)61(49)44-25-23-41(24-26-44)60(40-21-15-37(16-22-40)51(55,56)57)43-29-33-46(34-30-43)63(4,5)6/h7-34H,1-6H3. The first-order chi connectivity index (χ1) is 29.8. The Balaban J connectivity index is 1.18. The van der Waals surface area contributed by atoms with Crippen LogP contribution in [0.25, 0.3) is 28.1 Å². The Bertz CT molecular complexity index is 2720. The number of aromatic nitrogens is 2. The Hall–Kier alpha value is -6.38. The van der Waals surface area contributed by atoms with Crippen molar-refractivity contribution in [1.29, 1.82) is 0 Å². The average molecular weight is 885 g/mol. The van der Waals surface area contributed by atoms with E-state index >= 15 is 0 Å². The molecule has 0 N–H and O–H groups in total. The van der Waals surface area contributed by atoms with Crippen molar-refractivity contribution in [3.63, 3.8) is 0 Å². The molecule has 0 saturated carbocycles. The van der Waals surface area contributed by atoms with Gasteiger partial charge in [-0.1, -0.05) is 86.1 Å². The van der Waals surface area contributed by atoms with Crippen LogP contribution in [0.15, 0.2) is 170 Å². The van der Waals surface area contributed by atoms with Crippen LogP contribution >= 0.6 is 0 Å². The summed E-state index contributed by atoms with van der Waals surface area (Å²) in [4.78, 5) is 8.97. The maximum Gasteiger partial charge on any atom is 0.416 e. The molecule has 63 heavy (non-hydrogen) atoms. The van der Waals surface area contributed by atoms with Gasteiger partial charge < -0.3 is 9.80 Å². The molecule has 0 saturated heterocycles. The lowest BCUT2D eigenvalue weighted by molar-refractivity contribution is -0.138. The van der Waals surface area contributed by atoms with E-state index < -0.39 is 39.6 Å². The molecular weight excluding hydrogens is 839 g/mol. The topological polar surface area (TPSA) is 24.3 Å². The molecule has 0 aliphatic heterocycles. The van der Waals surface area contributed by atoms with Crippen LogP contribution in [0.5, 0.6) is 0 Å². The van der Waals surface area contributed by atoms with Crippen molar-refractivity contribution in [1.82, 2.24) is 9.55 Å². The summed E-state index contributed by atoms with van der Waals surface area (Å²) in [6.07, 6.45) is -8.92. The zero-order chi connectivity index (χ0) is 44.9. The van der Waals surface area contributed by atoms with Gasteiger partial charge in [-0.3, -0.25) is 4.57 Å². The molecule has 8 rings (SSSR count). The second kappa shape index (κ2) is 16.4. The average Bonchev–Trinajstić information content (AvgIpc) is 3.64. The lowest BCUT2D eigenvalue weighted by Gasteiger charge is -2.27. The SMILES string of the molecule is C[Si](C)(C)c1ccc(N(c2ccc(-c3nc4ccccc4n3-c3ccc(N(c4ccc(C(F)(F)F)cc4)c4ccc([Si](C)(C)C)cc4)cc3)cc2)c2ccc(C(F)(F)F)cc2)cc1. The molecule has 0 fully saturated rings. The van der Waals surface area contributed by atoms with Crippen LogP contribution < -0.4 is 20.2 Å². The van der Waals surface area contributed by atoms with E-state index in [9.17, 15) is 26.3 Å². The molecular formula is C51H46F6N4Si2. The lowest BCUT2D eigenvalue weighted by Crippen LogP contribution is -2.37. The van der Waals surface area contributed by atoms with Crippen molar-refractivity contribution >= 4 is 71.7 Å². The third-order valence-corrected chi connectivity index (χ3v) is 15.3. The first-order valence-electron chi connectivity index (χ1n) is 20.6. The molecule has 4 nitrogen and oxygen atoms in total. The van der Waals surface area contributed by atoms with E-state index in [4.69, 9.17) is 4.98 Å². The van der Waals surface area contributed by atoms with E-state index in [0.717, 1.165) is 69.3 Å². The summed E-state index contributed by atoms with van der Waals surface area (Å²) in [5.74, 6) is 0.678. The summed E-state index contributed by atoms with van der Waals surface area (Å²) in [7, 11) is -3.23. The second-order valence-corrected chi connectivity index (χ2v) is 27.8. The summed E-state index contributed by atoms with van der Waals surface area (Å²) >= 11 is 0. The Labute approximate surface area is 365 Å². The maximum atomic E-state index is 13.6. The molecule has 0 unspecified atom stereocenters. The zero-order valence-corrected chi connectivity index (χ0v) is 37.7. The smallest absolute Gasteiger partial charge is 0.311 e. The predicted octanol–water partition coefficient (Wildman–Crippen LogP) is 14.8. The number of fused-ring (bicyclic) bond motifs is 1. The third kappa shape index (κ3) is 9.09. The number of anilines is 6. The number of para-hydroxylation sites is 2. The van der Waals surface area contributed by atoms with Crippen molar-refractivity contribution in [3.8, 4) is 17.1 Å². The largest absolute Gasteiger partial charge is 0.416 e. The van der Waals surface area contributed by atoms with Crippen molar-refractivity contribution in [2.45, 2.75) is 51.6 Å². The van der Waals surface area contributed by atoms with Crippen LogP contribution in [-0.4, -0.2) is 25.7 Å². The van der Waals surface area contributed by atoms with Gasteiger partial charge in [0.05, 0.1) is 38.3 Å². The van der Waals surface area contributed by atoms with Crippen LogP contribution in [0, 0.1) is 0 Å². The highest BCUT2D eigenvalue weighted by molar-refractivity contribution is 6.89. The van der Waals surface area contributed by atoms with Crippen molar-refractivity contribution in [2.24, 2.45) is 0 Å². The Morgan fingerprint density at radius 2 is 0.746 bits per heavy atom. The molecule has 0 amide bonds. The van der Waals surface area contributed by atoms with Gasteiger partial charge in [-0.2, -0.15) is 26.3 Å². The van der Waals surface area contributed by atoms with Gasteiger partial charge in [0.15, 0.2) is 0 Å². The summed E-state index contributed by atoms with van der Waals surface area (Å²) in [6.45, 7) is 13.6. The number of alkyl halides is 6. The molecule has 0 bridgehead atoms. The number of halogens is 6. The minimum absolute atomic E-state index is 0.584. The third-order valence-electron chi connectivity index (χ3n) is 11.2. The van der Waals surface area contributed by atoms with Gasteiger partial charge in [0.1, 0.15) is 5.82 Å². The molecule has 0 aliphatic carbocycles. The molecule has 0 radical (unpaired) electrons. The Morgan fingerprint density at radius 1 is 0.413 bits per heavy atom. The fourth-order valence-corrected chi connectivity index (χ4v) is 10.0. The van der Waals surface area contributed by atoms with Gasteiger partial charge in [0.2, 0.25) is 0 Å². The molecule has 0 spiro atoms. The predicted molar refractivity (Wildman–Crippen MR) is 252 cm³/mol. The van der Waals surface area contributed by atoms with Crippen LogP contribution in [0.4, 0.5) is 60.5 Å². The number of hydrogen-bond donors (Lipinski definition) is 0. The summed E-state index contributed by atoms with van der Waals surface area (Å²) < 4.78 is 83.7. The minimum Gasteiger partial charge on any atom is -0.311 e. The zero-order valence-electron chi connectivity index (χ0n) is 35.7. The molecule has 0 aliphatic rings. The second-order valence-electron chi connectivity index (χ2n) is 17.7. The molecule has 0 atom stereocenters. The fourth-order valence-electron chi connectivity index (χ4n) is 7.71. The minimum atomic E-state index is -4.46. The quantitative estimate of drug-likeness (QED) is 0.101. The Kier molecular flexibility index (Phi) is 11.3. The van der Waals surface area contributed by atoms with E-state index in [-0.39, 0.29) is 0 Å². The number of rotatable bonds is 10. The first kappa shape index (κ1) is 43.3. The monoisotopic (exact) mass is 884 g/mol. The molecule has 7 aromatic carbocycles. The summed E-state index contributed by atoms with van der Waals surface area (Å²) in [6, 6.07) is 50.4. The normalized spacial score (nSPS) is 12.4. The highest BCUT2D eigenvalue weighted by Gasteiger charge is 2.32. The molecule has 1 aromatic heterocycles. The lowest BCUT2D eigenvalue weighted by atomic mass is 10.1. The molecule has 12 heteroatoms. The molecule has 8 aromatic rings. The maximum absolute atomic E-state index is 13.6. The van der Waals surface area contributed by atoms with E-state index in [1.807, 2.05) is 107 Å². The van der Waals surface area contributed by atoms with Crippen LogP contribution in [0.3, 0.4) is 0 Å². The first-order valence-corrected chi connectivity index (χ1v) is 27.6. The van der Waals surface area contributed by atoms with Gasteiger partial charge in [-0.05, 0) is 133 Å². The number of hydrogen-bond acceptors (Lipinski definition) is 3.